The van der Waals surface area contributed by atoms with E-state index in [1.54, 1.807) is 24.0 Å². The van der Waals surface area contributed by atoms with Crippen LogP contribution < -0.4 is 15.5 Å². The van der Waals surface area contributed by atoms with Crippen LogP contribution >= 0.6 is 0 Å². The summed E-state index contributed by atoms with van der Waals surface area (Å²) in [6.07, 6.45) is 6.60. The zero-order chi connectivity index (χ0) is 31.1. The van der Waals surface area contributed by atoms with Gasteiger partial charge in [-0.2, -0.15) is 0 Å². The molecule has 2 amide bonds. The molecular weight excluding hydrogens is 552 g/mol. The smallest absolute Gasteiger partial charge is 0.325 e. The van der Waals surface area contributed by atoms with E-state index in [1.807, 2.05) is 49.4 Å². The molecule has 9 heteroatoms. The van der Waals surface area contributed by atoms with E-state index in [0.717, 1.165) is 54.6 Å². The summed E-state index contributed by atoms with van der Waals surface area (Å²) in [5, 5.41) is 6.63. The minimum Gasteiger partial charge on any atom is -0.382 e. The van der Waals surface area contributed by atoms with Crippen LogP contribution in [0.5, 0.6) is 0 Å². The predicted molar refractivity (Wildman–Crippen MR) is 177 cm³/mol. The maximum atomic E-state index is 13.2. The van der Waals surface area contributed by atoms with Gasteiger partial charge in [0.25, 0.3) is 5.91 Å². The second-order valence-corrected chi connectivity index (χ2v) is 11.6. The quantitative estimate of drug-likeness (QED) is 0.189. The molecule has 9 nitrogen and oxygen atoms in total. The van der Waals surface area contributed by atoms with Crippen molar-refractivity contribution in [1.29, 1.82) is 0 Å². The molecule has 5 rings (SSSR count). The minimum absolute atomic E-state index is 0.183. The fourth-order valence-corrected chi connectivity index (χ4v) is 5.97. The van der Waals surface area contributed by atoms with Crippen LogP contribution in [0.1, 0.15) is 61.9 Å². The second kappa shape index (κ2) is 14.5. The Morgan fingerprint density at radius 3 is 2.48 bits per heavy atom. The third-order valence-corrected chi connectivity index (χ3v) is 8.49. The lowest BCUT2D eigenvalue weighted by molar-refractivity contribution is 0.102. The van der Waals surface area contributed by atoms with E-state index in [0.29, 0.717) is 43.1 Å². The van der Waals surface area contributed by atoms with E-state index >= 15 is 0 Å². The molecule has 0 saturated carbocycles. The second-order valence-electron chi connectivity index (χ2n) is 11.6. The normalized spacial score (nSPS) is 14.2. The van der Waals surface area contributed by atoms with E-state index in [-0.39, 0.29) is 11.9 Å². The zero-order valence-electron chi connectivity index (χ0n) is 26.3. The number of rotatable bonds is 11. The molecule has 4 aromatic rings. The molecule has 1 saturated heterocycles. The molecule has 44 heavy (non-hydrogen) atoms. The van der Waals surface area contributed by atoms with Crippen molar-refractivity contribution in [1.82, 2.24) is 19.8 Å². The highest BCUT2D eigenvalue weighted by Gasteiger charge is 2.22. The van der Waals surface area contributed by atoms with Crippen molar-refractivity contribution in [2.24, 2.45) is 0 Å². The molecule has 3 heterocycles. The van der Waals surface area contributed by atoms with Crippen molar-refractivity contribution in [2.45, 2.75) is 52.0 Å². The average molecular weight is 597 g/mol. The molecule has 0 aliphatic carbocycles. The molecule has 1 fully saturated rings. The van der Waals surface area contributed by atoms with Gasteiger partial charge in [-0.15, -0.1) is 0 Å². The van der Waals surface area contributed by atoms with Crippen LogP contribution in [0.25, 0.3) is 10.9 Å². The Hall–Kier alpha value is -4.21. The van der Waals surface area contributed by atoms with Crippen LogP contribution in [0.4, 0.5) is 22.0 Å². The number of fused-ring (bicyclic) bond motifs is 1. The monoisotopic (exact) mass is 596 g/mol. The molecule has 1 aliphatic rings. The Labute approximate surface area is 260 Å². The number of pyridine rings is 1. The summed E-state index contributed by atoms with van der Waals surface area (Å²) in [7, 11) is 1.62. The first-order valence-corrected chi connectivity index (χ1v) is 15.7. The Balaban J connectivity index is 1.31. The number of piperidine rings is 1. The number of carbonyl (C=O) groups is 2. The van der Waals surface area contributed by atoms with Gasteiger partial charge in [0.1, 0.15) is 5.82 Å². The minimum atomic E-state index is -0.185. The summed E-state index contributed by atoms with van der Waals surface area (Å²) in [5.74, 6) is 0.839. The number of anilines is 3. The summed E-state index contributed by atoms with van der Waals surface area (Å²) >= 11 is 0. The Kier molecular flexibility index (Phi) is 10.3. The molecule has 0 bridgehead atoms. The molecule has 0 radical (unpaired) electrons. The summed E-state index contributed by atoms with van der Waals surface area (Å²) in [5.41, 5.74) is 4.62. The topological polar surface area (TPSA) is 91.7 Å². The van der Waals surface area contributed by atoms with Crippen LogP contribution in [0.2, 0.25) is 0 Å². The highest BCUT2D eigenvalue weighted by molar-refractivity contribution is 6.04. The summed E-state index contributed by atoms with van der Waals surface area (Å²) < 4.78 is 7.21. The lowest BCUT2D eigenvalue weighted by atomic mass is 9.88. The van der Waals surface area contributed by atoms with Crippen molar-refractivity contribution in [3.63, 3.8) is 0 Å². The molecule has 1 aliphatic heterocycles. The van der Waals surface area contributed by atoms with Crippen LogP contribution in [0.15, 0.2) is 73.1 Å². The molecule has 2 aromatic heterocycles. The number of hydrogen-bond acceptors (Lipinski definition) is 6. The van der Waals surface area contributed by atoms with Gasteiger partial charge in [0.2, 0.25) is 0 Å². The standard InChI is InChI=1S/C35H44N6O3/c1-5-44-22-6-18-40(30-11-12-32-29(23-30)16-21-41(32)35(43)36-4)31-13-17-37-33(24-31)38-34(42)28-9-7-26(8-10-28)27-14-19-39(20-15-27)25(2)3/h7-13,16-17,21,23-25,27H,5-6,14-15,18-20,22H2,1-4H3,(H,36,43)(H,37,38,42). The summed E-state index contributed by atoms with van der Waals surface area (Å²) in [6, 6.07) is 20.3. The van der Waals surface area contributed by atoms with Gasteiger partial charge in [-0.05, 0) is 107 Å². The van der Waals surface area contributed by atoms with Gasteiger partial charge in [0.05, 0.1) is 5.52 Å². The first-order chi connectivity index (χ1) is 21.4. The third kappa shape index (κ3) is 7.29. The van der Waals surface area contributed by atoms with E-state index in [2.05, 4.69) is 57.5 Å². The molecule has 2 aromatic carbocycles. The number of aromatic nitrogens is 2. The van der Waals surface area contributed by atoms with Crippen molar-refractivity contribution in [3.05, 3.63) is 84.2 Å². The number of amides is 2. The van der Waals surface area contributed by atoms with E-state index in [9.17, 15) is 9.59 Å². The maximum absolute atomic E-state index is 13.2. The number of hydrogen-bond donors (Lipinski definition) is 2. The van der Waals surface area contributed by atoms with Crippen LogP contribution in [-0.2, 0) is 4.74 Å². The lowest BCUT2D eigenvalue weighted by Gasteiger charge is -2.34. The first kappa shape index (κ1) is 31.2. The third-order valence-electron chi connectivity index (χ3n) is 8.49. The van der Waals surface area contributed by atoms with Gasteiger partial charge in [0, 0.05) is 73.6 Å². The van der Waals surface area contributed by atoms with Gasteiger partial charge in [0.15, 0.2) is 0 Å². The van der Waals surface area contributed by atoms with Gasteiger partial charge >= 0.3 is 6.03 Å². The highest BCUT2D eigenvalue weighted by atomic mass is 16.5. The van der Waals surface area contributed by atoms with E-state index in [4.69, 9.17) is 4.74 Å². The number of nitrogens with zero attached hydrogens (tertiary/aromatic N) is 4. The Bertz CT molecular complexity index is 1560. The Morgan fingerprint density at radius 1 is 1.02 bits per heavy atom. The van der Waals surface area contributed by atoms with E-state index < -0.39 is 0 Å². The highest BCUT2D eigenvalue weighted by Crippen LogP contribution is 2.31. The van der Waals surface area contributed by atoms with Crippen LogP contribution in [0.3, 0.4) is 0 Å². The number of benzene rings is 2. The van der Waals surface area contributed by atoms with Gasteiger partial charge in [-0.1, -0.05) is 12.1 Å². The van der Waals surface area contributed by atoms with E-state index in [1.165, 1.54) is 5.56 Å². The molecule has 0 atom stereocenters. The zero-order valence-corrected chi connectivity index (χ0v) is 26.3. The summed E-state index contributed by atoms with van der Waals surface area (Å²) in [4.78, 5) is 34.7. The van der Waals surface area contributed by atoms with Gasteiger partial charge < -0.3 is 25.2 Å². The number of nitrogens with one attached hydrogen (secondary N) is 2. The first-order valence-electron chi connectivity index (χ1n) is 15.7. The van der Waals surface area contributed by atoms with Crippen LogP contribution in [0, 0.1) is 0 Å². The van der Waals surface area contributed by atoms with Crippen LogP contribution in [-0.4, -0.2) is 72.3 Å². The van der Waals surface area contributed by atoms with Crippen molar-refractivity contribution >= 4 is 40.0 Å². The van der Waals surface area contributed by atoms with Gasteiger partial charge in [-0.25, -0.2) is 9.78 Å². The maximum Gasteiger partial charge on any atom is 0.325 e. The molecular formula is C35H44N6O3. The molecule has 232 valence electrons. The number of ether oxygens (including phenoxy) is 1. The predicted octanol–water partition coefficient (Wildman–Crippen LogP) is 6.63. The van der Waals surface area contributed by atoms with Crippen molar-refractivity contribution < 1.29 is 14.3 Å². The molecule has 0 spiro atoms. The van der Waals surface area contributed by atoms with Crippen molar-refractivity contribution in [2.75, 3.05) is 50.1 Å². The number of carbonyl (C=O) groups excluding carboxylic acids is 2. The SMILES string of the molecule is CCOCCCN(c1ccnc(NC(=O)c2ccc(C3CCN(C(C)C)CC3)cc2)c1)c1ccc2c(ccn2C(=O)NC)c1. The fourth-order valence-electron chi connectivity index (χ4n) is 5.97. The number of likely N-dealkylation sites (tertiary alicyclic amines) is 1. The Morgan fingerprint density at radius 2 is 1.77 bits per heavy atom. The van der Waals surface area contributed by atoms with Gasteiger partial charge in [-0.3, -0.25) is 9.36 Å². The molecule has 2 N–H and O–H groups in total. The fraction of sp³-hybridized carbons (Fsp3) is 0.400. The summed E-state index contributed by atoms with van der Waals surface area (Å²) in [6.45, 7) is 10.8. The average Bonchev–Trinajstić information content (AvgIpc) is 3.48. The molecule has 0 unspecified atom stereocenters. The largest absolute Gasteiger partial charge is 0.382 e. The lowest BCUT2D eigenvalue weighted by Crippen LogP contribution is -2.37. The van der Waals surface area contributed by atoms with Crippen molar-refractivity contribution in [3.8, 4) is 0 Å².